The third-order valence-electron chi connectivity index (χ3n) is 2.92. The Morgan fingerprint density at radius 3 is 2.52 bits per heavy atom. The van der Waals surface area contributed by atoms with Gasteiger partial charge in [0.25, 0.3) is 0 Å². The van der Waals surface area contributed by atoms with Crippen molar-refractivity contribution >= 4 is 38.9 Å². The van der Waals surface area contributed by atoms with Gasteiger partial charge in [-0.15, -0.1) is 0 Å². The molecule has 21 heavy (non-hydrogen) atoms. The lowest BCUT2D eigenvalue weighted by Gasteiger charge is -2.14. The number of nitrogens with zero attached hydrogens (tertiary/aromatic N) is 1. The summed E-state index contributed by atoms with van der Waals surface area (Å²) >= 11 is 3.38. The zero-order valence-electron chi connectivity index (χ0n) is 12.1. The molecular weight excluding hydrogens is 330 g/mol. The smallest absolute Gasteiger partial charge is 0.243 e. The maximum absolute atomic E-state index is 11.9. The second-order valence-corrected chi connectivity index (χ2v) is 5.77. The Kier molecular flexibility index (Phi) is 5.22. The standard InChI is InChI=1S/C16H18BrN3O/c1-20(2)15-8-4-6-13(10-15)18-11-16(21)19-14-7-3-5-12(17)9-14/h3-10,18H,11H2,1-2H3,(H,19,21). The molecule has 1 amide bonds. The summed E-state index contributed by atoms with van der Waals surface area (Å²) in [4.78, 5) is 13.9. The minimum atomic E-state index is -0.0802. The lowest BCUT2D eigenvalue weighted by molar-refractivity contribution is -0.114. The summed E-state index contributed by atoms with van der Waals surface area (Å²) in [6.07, 6.45) is 0. The van der Waals surface area contributed by atoms with E-state index in [1.807, 2.05) is 67.5 Å². The third kappa shape index (κ3) is 4.79. The third-order valence-corrected chi connectivity index (χ3v) is 3.42. The Balaban J connectivity index is 1.90. The van der Waals surface area contributed by atoms with E-state index in [0.717, 1.165) is 21.5 Å². The summed E-state index contributed by atoms with van der Waals surface area (Å²) in [6.45, 7) is 0.226. The SMILES string of the molecule is CN(C)c1cccc(NCC(=O)Nc2cccc(Br)c2)c1. The lowest BCUT2D eigenvalue weighted by Crippen LogP contribution is -2.21. The van der Waals surface area contributed by atoms with E-state index < -0.39 is 0 Å². The van der Waals surface area contributed by atoms with Crippen molar-refractivity contribution in [2.45, 2.75) is 0 Å². The Labute approximate surface area is 133 Å². The zero-order valence-corrected chi connectivity index (χ0v) is 13.6. The first-order valence-electron chi connectivity index (χ1n) is 6.61. The van der Waals surface area contributed by atoms with Crippen LogP contribution in [0.2, 0.25) is 0 Å². The molecule has 0 spiro atoms. The van der Waals surface area contributed by atoms with Crippen molar-refractivity contribution in [2.75, 3.05) is 36.2 Å². The van der Waals surface area contributed by atoms with E-state index in [0.29, 0.717) is 0 Å². The van der Waals surface area contributed by atoms with Gasteiger partial charge < -0.3 is 15.5 Å². The van der Waals surface area contributed by atoms with Crippen LogP contribution in [0.25, 0.3) is 0 Å². The first-order valence-corrected chi connectivity index (χ1v) is 7.40. The number of benzene rings is 2. The predicted molar refractivity (Wildman–Crippen MR) is 92.0 cm³/mol. The van der Waals surface area contributed by atoms with Crippen LogP contribution in [0.15, 0.2) is 53.0 Å². The van der Waals surface area contributed by atoms with Gasteiger partial charge in [0.05, 0.1) is 6.54 Å². The topological polar surface area (TPSA) is 44.4 Å². The summed E-state index contributed by atoms with van der Waals surface area (Å²) in [5.74, 6) is -0.0802. The van der Waals surface area contributed by atoms with E-state index in [2.05, 4.69) is 26.6 Å². The van der Waals surface area contributed by atoms with Crippen molar-refractivity contribution in [3.05, 3.63) is 53.0 Å². The van der Waals surface area contributed by atoms with Crippen LogP contribution in [-0.2, 0) is 4.79 Å². The fraction of sp³-hybridized carbons (Fsp3) is 0.188. The number of amides is 1. The summed E-state index contributed by atoms with van der Waals surface area (Å²) in [6, 6.07) is 15.5. The van der Waals surface area contributed by atoms with Gasteiger partial charge in [-0.25, -0.2) is 0 Å². The van der Waals surface area contributed by atoms with E-state index >= 15 is 0 Å². The fourth-order valence-electron chi connectivity index (χ4n) is 1.85. The molecule has 110 valence electrons. The van der Waals surface area contributed by atoms with Crippen LogP contribution in [0.4, 0.5) is 17.1 Å². The summed E-state index contributed by atoms with van der Waals surface area (Å²) in [5.41, 5.74) is 2.79. The molecule has 2 N–H and O–H groups in total. The van der Waals surface area contributed by atoms with Gasteiger partial charge in [-0.1, -0.05) is 28.1 Å². The zero-order chi connectivity index (χ0) is 15.2. The largest absolute Gasteiger partial charge is 0.378 e. The monoisotopic (exact) mass is 347 g/mol. The van der Waals surface area contributed by atoms with Crippen molar-refractivity contribution in [1.82, 2.24) is 0 Å². The van der Waals surface area contributed by atoms with Crippen LogP contribution in [-0.4, -0.2) is 26.5 Å². The van der Waals surface area contributed by atoms with Gasteiger partial charge in [0.15, 0.2) is 0 Å². The van der Waals surface area contributed by atoms with Crippen molar-refractivity contribution in [1.29, 1.82) is 0 Å². The second-order valence-electron chi connectivity index (χ2n) is 4.86. The summed E-state index contributed by atoms with van der Waals surface area (Å²) in [7, 11) is 3.97. The minimum Gasteiger partial charge on any atom is -0.378 e. The van der Waals surface area contributed by atoms with Crippen molar-refractivity contribution < 1.29 is 4.79 Å². The number of carbonyl (C=O) groups excluding carboxylic acids is 1. The predicted octanol–water partition coefficient (Wildman–Crippen LogP) is 3.57. The highest BCUT2D eigenvalue weighted by Crippen LogP contribution is 2.17. The molecule has 0 aromatic heterocycles. The van der Waals surface area contributed by atoms with Gasteiger partial charge in [0, 0.05) is 35.6 Å². The number of nitrogens with one attached hydrogen (secondary N) is 2. The van der Waals surface area contributed by atoms with Crippen LogP contribution in [0, 0.1) is 0 Å². The average molecular weight is 348 g/mol. The normalized spacial score (nSPS) is 10.0. The van der Waals surface area contributed by atoms with Gasteiger partial charge in [-0.3, -0.25) is 4.79 Å². The summed E-state index contributed by atoms with van der Waals surface area (Å²) in [5, 5.41) is 5.97. The molecule has 0 aliphatic rings. The number of hydrogen-bond acceptors (Lipinski definition) is 3. The molecule has 0 aliphatic carbocycles. The molecular formula is C16H18BrN3O. The Morgan fingerprint density at radius 2 is 1.81 bits per heavy atom. The van der Waals surface area contributed by atoms with E-state index in [4.69, 9.17) is 0 Å². The van der Waals surface area contributed by atoms with Gasteiger partial charge in [-0.05, 0) is 36.4 Å². The molecule has 0 bridgehead atoms. The molecule has 0 radical (unpaired) electrons. The molecule has 0 heterocycles. The van der Waals surface area contributed by atoms with E-state index in [1.165, 1.54) is 0 Å². The van der Waals surface area contributed by atoms with Crippen LogP contribution < -0.4 is 15.5 Å². The number of anilines is 3. The van der Waals surface area contributed by atoms with E-state index in [9.17, 15) is 4.79 Å². The maximum atomic E-state index is 11.9. The quantitative estimate of drug-likeness (QED) is 0.868. The van der Waals surface area contributed by atoms with E-state index in [1.54, 1.807) is 0 Å². The molecule has 2 aromatic rings. The number of carbonyl (C=O) groups is 1. The Morgan fingerprint density at radius 1 is 1.10 bits per heavy atom. The Bertz CT molecular complexity index is 628. The van der Waals surface area contributed by atoms with Crippen molar-refractivity contribution in [3.63, 3.8) is 0 Å². The Hall–Kier alpha value is -2.01. The van der Waals surface area contributed by atoms with Crippen molar-refractivity contribution in [3.8, 4) is 0 Å². The van der Waals surface area contributed by atoms with Gasteiger partial charge in [0.2, 0.25) is 5.91 Å². The van der Waals surface area contributed by atoms with Crippen LogP contribution in [0.5, 0.6) is 0 Å². The highest BCUT2D eigenvalue weighted by atomic mass is 79.9. The molecule has 5 heteroatoms. The van der Waals surface area contributed by atoms with Gasteiger partial charge >= 0.3 is 0 Å². The van der Waals surface area contributed by atoms with Crippen LogP contribution in [0.3, 0.4) is 0 Å². The molecule has 0 unspecified atom stereocenters. The van der Waals surface area contributed by atoms with Crippen LogP contribution in [0.1, 0.15) is 0 Å². The molecule has 2 rings (SSSR count). The molecule has 0 saturated carbocycles. The van der Waals surface area contributed by atoms with Gasteiger partial charge in [-0.2, -0.15) is 0 Å². The van der Waals surface area contributed by atoms with Crippen molar-refractivity contribution in [2.24, 2.45) is 0 Å². The lowest BCUT2D eigenvalue weighted by atomic mass is 10.2. The highest BCUT2D eigenvalue weighted by Gasteiger charge is 2.03. The molecule has 0 atom stereocenters. The highest BCUT2D eigenvalue weighted by molar-refractivity contribution is 9.10. The second kappa shape index (κ2) is 7.13. The first-order chi connectivity index (χ1) is 10.0. The average Bonchev–Trinajstić information content (AvgIpc) is 2.45. The molecule has 2 aromatic carbocycles. The molecule has 0 aliphatic heterocycles. The first kappa shape index (κ1) is 15.4. The number of hydrogen-bond donors (Lipinski definition) is 2. The van der Waals surface area contributed by atoms with Crippen LogP contribution >= 0.6 is 15.9 Å². The number of halogens is 1. The molecule has 0 fully saturated rings. The minimum absolute atomic E-state index is 0.0802. The van der Waals surface area contributed by atoms with E-state index in [-0.39, 0.29) is 12.5 Å². The number of rotatable bonds is 5. The molecule has 4 nitrogen and oxygen atoms in total. The maximum Gasteiger partial charge on any atom is 0.243 e. The summed E-state index contributed by atoms with van der Waals surface area (Å²) < 4.78 is 0.937. The molecule has 0 saturated heterocycles. The van der Waals surface area contributed by atoms with Gasteiger partial charge in [0.1, 0.15) is 0 Å². The fourth-order valence-corrected chi connectivity index (χ4v) is 2.25.